The van der Waals surface area contributed by atoms with Crippen LogP contribution in [-0.4, -0.2) is 14.8 Å². The van der Waals surface area contributed by atoms with Gasteiger partial charge in [-0.1, -0.05) is 11.6 Å². The number of rotatable bonds is 3. The van der Waals surface area contributed by atoms with Crippen LogP contribution in [0.3, 0.4) is 0 Å². The molecule has 0 aromatic carbocycles. The highest BCUT2D eigenvalue weighted by molar-refractivity contribution is 6.32. The lowest BCUT2D eigenvalue weighted by atomic mass is 10.2. The van der Waals surface area contributed by atoms with E-state index in [9.17, 15) is 13.2 Å². The molecule has 0 fully saturated rings. The van der Waals surface area contributed by atoms with Gasteiger partial charge in [-0.2, -0.15) is 18.3 Å². The summed E-state index contributed by atoms with van der Waals surface area (Å²) < 4.78 is 39.4. The minimum Gasteiger partial charge on any atom is -0.363 e. The van der Waals surface area contributed by atoms with Crippen molar-refractivity contribution in [2.45, 2.75) is 12.7 Å². The molecular formula is C11H10ClF3N4. The first-order valence-electron chi connectivity index (χ1n) is 5.32. The summed E-state index contributed by atoms with van der Waals surface area (Å²) in [6.45, 7) is -0.0674. The molecule has 0 saturated carbocycles. The van der Waals surface area contributed by atoms with Crippen LogP contribution in [0.5, 0.6) is 0 Å². The lowest BCUT2D eigenvalue weighted by Crippen LogP contribution is -2.13. The molecule has 1 N–H and O–H groups in total. The predicted octanol–water partition coefficient (Wildman–Crippen LogP) is 3.10. The molecule has 2 aromatic rings. The average molecular weight is 291 g/mol. The molecule has 0 atom stereocenters. The average Bonchev–Trinajstić information content (AvgIpc) is 2.69. The lowest BCUT2D eigenvalue weighted by molar-refractivity contribution is -0.138. The smallest absolute Gasteiger partial charge is 0.363 e. The summed E-state index contributed by atoms with van der Waals surface area (Å²) in [6, 6.07) is 3.24. The zero-order valence-electron chi connectivity index (χ0n) is 9.87. The Balaban J connectivity index is 2.21. The molecule has 0 aliphatic heterocycles. The number of pyridine rings is 1. The fourth-order valence-electron chi connectivity index (χ4n) is 1.59. The van der Waals surface area contributed by atoms with Crippen molar-refractivity contribution in [3.05, 3.63) is 40.8 Å². The summed E-state index contributed by atoms with van der Waals surface area (Å²) in [5.74, 6) is 0.332. The van der Waals surface area contributed by atoms with Gasteiger partial charge in [0.1, 0.15) is 5.82 Å². The van der Waals surface area contributed by atoms with Crippen molar-refractivity contribution < 1.29 is 13.2 Å². The molecule has 0 saturated heterocycles. The molecule has 0 aliphatic carbocycles. The van der Waals surface area contributed by atoms with Gasteiger partial charge in [0.15, 0.2) is 0 Å². The van der Waals surface area contributed by atoms with E-state index < -0.39 is 11.7 Å². The van der Waals surface area contributed by atoms with Gasteiger partial charge in [0.25, 0.3) is 0 Å². The Labute approximate surface area is 112 Å². The molecule has 0 radical (unpaired) electrons. The van der Waals surface area contributed by atoms with E-state index in [1.54, 1.807) is 12.1 Å². The molecule has 0 unspecified atom stereocenters. The van der Waals surface area contributed by atoms with Gasteiger partial charge >= 0.3 is 6.18 Å². The molecule has 2 heterocycles. The minimum atomic E-state index is -4.43. The molecule has 0 amide bonds. The van der Waals surface area contributed by atoms with Crippen LogP contribution < -0.4 is 5.32 Å². The highest BCUT2D eigenvalue weighted by Crippen LogP contribution is 2.32. The van der Waals surface area contributed by atoms with E-state index >= 15 is 0 Å². The number of nitrogens with one attached hydrogen (secondary N) is 1. The van der Waals surface area contributed by atoms with Gasteiger partial charge in [-0.05, 0) is 12.1 Å². The predicted molar refractivity (Wildman–Crippen MR) is 64.8 cm³/mol. The number of aryl methyl sites for hydroxylation is 1. The molecule has 0 spiro atoms. The Kier molecular flexibility index (Phi) is 3.66. The van der Waals surface area contributed by atoms with E-state index in [4.69, 9.17) is 11.6 Å². The maximum atomic E-state index is 12.7. The van der Waals surface area contributed by atoms with Gasteiger partial charge in [-0.15, -0.1) is 0 Å². The molecular weight excluding hydrogens is 281 g/mol. The molecule has 2 rings (SSSR count). The van der Waals surface area contributed by atoms with Gasteiger partial charge in [0.2, 0.25) is 0 Å². The van der Waals surface area contributed by atoms with Gasteiger partial charge in [0, 0.05) is 13.2 Å². The van der Waals surface area contributed by atoms with E-state index in [-0.39, 0.29) is 12.2 Å². The van der Waals surface area contributed by atoms with Crippen LogP contribution in [0.15, 0.2) is 24.5 Å². The van der Waals surface area contributed by atoms with Crippen LogP contribution >= 0.6 is 11.6 Å². The summed E-state index contributed by atoms with van der Waals surface area (Å²) in [5.41, 5.74) is -0.747. The van der Waals surface area contributed by atoms with E-state index in [1.807, 2.05) is 0 Å². The molecule has 4 nitrogen and oxygen atoms in total. The van der Waals surface area contributed by atoms with Crippen molar-refractivity contribution in [1.82, 2.24) is 14.8 Å². The van der Waals surface area contributed by atoms with Crippen LogP contribution in [0.2, 0.25) is 5.02 Å². The van der Waals surface area contributed by atoms with Crippen molar-refractivity contribution in [3.63, 3.8) is 0 Å². The number of alkyl halides is 3. The van der Waals surface area contributed by atoms with Gasteiger partial charge in [-0.25, -0.2) is 4.98 Å². The van der Waals surface area contributed by atoms with Crippen LogP contribution in [0.25, 0.3) is 0 Å². The molecule has 2 aromatic heterocycles. The van der Waals surface area contributed by atoms with E-state index in [2.05, 4.69) is 15.4 Å². The number of hydrogen-bond donors (Lipinski definition) is 1. The number of aromatic nitrogens is 3. The first-order chi connectivity index (χ1) is 8.89. The van der Waals surface area contributed by atoms with Gasteiger partial charge in [0.05, 0.1) is 29.0 Å². The normalized spacial score (nSPS) is 11.6. The van der Waals surface area contributed by atoms with Gasteiger partial charge in [-0.3, -0.25) is 4.68 Å². The molecule has 0 bridgehead atoms. The van der Waals surface area contributed by atoms with Gasteiger partial charge < -0.3 is 5.32 Å². The Morgan fingerprint density at radius 1 is 1.42 bits per heavy atom. The van der Waals surface area contributed by atoms with Crippen molar-refractivity contribution in [1.29, 1.82) is 0 Å². The summed E-state index contributed by atoms with van der Waals surface area (Å²) >= 11 is 5.86. The fourth-order valence-corrected chi connectivity index (χ4v) is 1.78. The third-order valence-electron chi connectivity index (χ3n) is 2.55. The largest absolute Gasteiger partial charge is 0.419 e. The van der Waals surface area contributed by atoms with Crippen LogP contribution in [0.1, 0.15) is 11.3 Å². The number of hydrogen-bond acceptors (Lipinski definition) is 3. The Bertz CT molecular complexity index is 580. The Hall–Kier alpha value is -1.76. The molecule has 19 heavy (non-hydrogen) atoms. The summed E-state index contributed by atoms with van der Waals surface area (Å²) in [7, 11) is 1.45. The SMILES string of the molecule is Cn1ncc(C(F)(F)F)c1CNc1ncccc1Cl. The maximum absolute atomic E-state index is 12.7. The quantitative estimate of drug-likeness (QED) is 0.944. The summed E-state index contributed by atoms with van der Waals surface area (Å²) in [6.07, 6.45) is -2.13. The number of anilines is 1. The Morgan fingerprint density at radius 2 is 2.16 bits per heavy atom. The van der Waals surface area contributed by atoms with Crippen LogP contribution in [0, 0.1) is 0 Å². The van der Waals surface area contributed by atoms with Crippen molar-refractivity contribution in [2.75, 3.05) is 5.32 Å². The van der Waals surface area contributed by atoms with E-state index in [1.165, 1.54) is 17.9 Å². The maximum Gasteiger partial charge on any atom is 0.419 e. The second-order valence-electron chi connectivity index (χ2n) is 3.81. The van der Waals surface area contributed by atoms with Crippen molar-refractivity contribution in [3.8, 4) is 0 Å². The van der Waals surface area contributed by atoms with Crippen molar-refractivity contribution in [2.24, 2.45) is 7.05 Å². The van der Waals surface area contributed by atoms with Crippen LogP contribution in [0.4, 0.5) is 19.0 Å². The molecule has 102 valence electrons. The third kappa shape index (κ3) is 2.98. The topological polar surface area (TPSA) is 42.7 Å². The first kappa shape index (κ1) is 13.7. The lowest BCUT2D eigenvalue weighted by Gasteiger charge is -2.11. The first-order valence-corrected chi connectivity index (χ1v) is 5.70. The highest BCUT2D eigenvalue weighted by atomic mass is 35.5. The zero-order chi connectivity index (χ0) is 14.0. The Morgan fingerprint density at radius 3 is 2.79 bits per heavy atom. The van der Waals surface area contributed by atoms with Crippen LogP contribution in [-0.2, 0) is 19.8 Å². The number of nitrogens with zero attached hydrogens (tertiary/aromatic N) is 3. The second-order valence-corrected chi connectivity index (χ2v) is 4.22. The van der Waals surface area contributed by atoms with E-state index in [0.717, 1.165) is 6.20 Å². The standard InChI is InChI=1S/C11H10ClF3N4/c1-19-9(7(5-18-19)11(13,14)15)6-17-10-8(12)3-2-4-16-10/h2-5H,6H2,1H3,(H,16,17). The summed E-state index contributed by atoms with van der Waals surface area (Å²) in [5, 5.41) is 6.73. The highest BCUT2D eigenvalue weighted by Gasteiger charge is 2.35. The summed E-state index contributed by atoms with van der Waals surface area (Å²) in [4.78, 5) is 3.95. The number of halogens is 4. The zero-order valence-corrected chi connectivity index (χ0v) is 10.6. The monoisotopic (exact) mass is 290 g/mol. The minimum absolute atomic E-state index is 0.0224. The second kappa shape index (κ2) is 5.08. The fraction of sp³-hybridized carbons (Fsp3) is 0.273. The van der Waals surface area contributed by atoms with E-state index in [0.29, 0.717) is 10.8 Å². The molecule has 8 heteroatoms. The van der Waals surface area contributed by atoms with Crippen molar-refractivity contribution >= 4 is 17.4 Å². The third-order valence-corrected chi connectivity index (χ3v) is 2.85. The molecule has 0 aliphatic rings.